The number of carbonyl (C=O) groups is 1. The molecule has 0 aromatic carbocycles. The first-order chi connectivity index (χ1) is 5.52. The molecule has 0 radical (unpaired) electrons. The summed E-state index contributed by atoms with van der Waals surface area (Å²) < 4.78 is 0. The minimum absolute atomic E-state index is 0.223. The third kappa shape index (κ3) is 2.50. The van der Waals surface area contributed by atoms with Gasteiger partial charge in [0.2, 0.25) is 5.91 Å². The number of nitrogens with one attached hydrogen (secondary N) is 1. The van der Waals surface area contributed by atoms with Gasteiger partial charge >= 0.3 is 0 Å². The molecule has 0 bridgehead atoms. The molecular weight excluding hydrogens is 150 g/mol. The van der Waals surface area contributed by atoms with E-state index in [1.165, 1.54) is 12.8 Å². The zero-order chi connectivity index (χ0) is 9.19. The van der Waals surface area contributed by atoms with Gasteiger partial charge in [0, 0.05) is 13.0 Å². The van der Waals surface area contributed by atoms with Crippen LogP contribution in [-0.2, 0) is 4.79 Å². The summed E-state index contributed by atoms with van der Waals surface area (Å²) in [5, 5.41) is 2.89. The van der Waals surface area contributed by atoms with E-state index in [2.05, 4.69) is 26.1 Å². The molecule has 1 fully saturated rings. The molecule has 70 valence electrons. The van der Waals surface area contributed by atoms with Gasteiger partial charge in [-0.3, -0.25) is 4.79 Å². The normalized spacial score (nSPS) is 29.5. The second kappa shape index (κ2) is 3.46. The van der Waals surface area contributed by atoms with Gasteiger partial charge in [0.15, 0.2) is 0 Å². The number of rotatable bonds is 3. The number of hydrogen-bond donors (Lipinski definition) is 1. The van der Waals surface area contributed by atoms with Crippen LogP contribution in [-0.4, -0.2) is 12.5 Å². The molecule has 1 heterocycles. The fourth-order valence-electron chi connectivity index (χ4n) is 1.64. The average molecular weight is 169 g/mol. The average Bonchev–Trinajstić information content (AvgIpc) is 2.29. The Labute approximate surface area is 74.7 Å². The highest BCUT2D eigenvalue weighted by Gasteiger charge is 2.33. The number of hydrogen-bond acceptors (Lipinski definition) is 1. The van der Waals surface area contributed by atoms with Crippen molar-refractivity contribution in [3.05, 3.63) is 0 Å². The van der Waals surface area contributed by atoms with Gasteiger partial charge < -0.3 is 5.32 Å². The van der Waals surface area contributed by atoms with Crippen LogP contribution in [0.2, 0.25) is 0 Å². The van der Waals surface area contributed by atoms with Crippen molar-refractivity contribution < 1.29 is 4.79 Å². The van der Waals surface area contributed by atoms with Crippen molar-refractivity contribution in [2.75, 3.05) is 6.54 Å². The first-order valence-electron chi connectivity index (χ1n) is 4.78. The summed E-state index contributed by atoms with van der Waals surface area (Å²) in [5.74, 6) is 0.971. The lowest BCUT2D eigenvalue weighted by molar-refractivity contribution is -0.119. The van der Waals surface area contributed by atoms with E-state index < -0.39 is 0 Å². The SMILES string of the molecule is CC(C)CCC1(C)CNC(=O)C1. The van der Waals surface area contributed by atoms with Gasteiger partial charge in [0.05, 0.1) is 0 Å². The van der Waals surface area contributed by atoms with Crippen molar-refractivity contribution in [2.24, 2.45) is 11.3 Å². The third-order valence-electron chi connectivity index (χ3n) is 2.62. The fraction of sp³-hybridized carbons (Fsp3) is 0.900. The van der Waals surface area contributed by atoms with E-state index in [1.54, 1.807) is 0 Å². The van der Waals surface area contributed by atoms with Crippen LogP contribution in [0.1, 0.15) is 40.0 Å². The van der Waals surface area contributed by atoms with Crippen LogP contribution in [0, 0.1) is 11.3 Å². The molecule has 0 aromatic heterocycles. The molecule has 1 aliphatic heterocycles. The summed E-state index contributed by atoms with van der Waals surface area (Å²) in [4.78, 5) is 11.0. The van der Waals surface area contributed by atoms with Crippen LogP contribution in [0.25, 0.3) is 0 Å². The van der Waals surface area contributed by atoms with Crippen molar-refractivity contribution in [1.82, 2.24) is 5.32 Å². The molecular formula is C10H19NO. The largest absolute Gasteiger partial charge is 0.356 e. The van der Waals surface area contributed by atoms with Gasteiger partial charge in [0.25, 0.3) is 0 Å². The smallest absolute Gasteiger partial charge is 0.220 e. The molecule has 0 aromatic rings. The second-order valence-corrected chi connectivity index (χ2v) is 4.70. The lowest BCUT2D eigenvalue weighted by Gasteiger charge is -2.21. The first kappa shape index (κ1) is 9.56. The maximum absolute atomic E-state index is 11.0. The Kier molecular flexibility index (Phi) is 2.76. The molecule has 0 saturated carbocycles. The van der Waals surface area contributed by atoms with Crippen LogP contribution in [0.5, 0.6) is 0 Å². The van der Waals surface area contributed by atoms with Crippen LogP contribution >= 0.6 is 0 Å². The zero-order valence-corrected chi connectivity index (χ0v) is 8.31. The molecule has 2 nitrogen and oxygen atoms in total. The fourth-order valence-corrected chi connectivity index (χ4v) is 1.64. The Morgan fingerprint density at radius 3 is 2.67 bits per heavy atom. The highest BCUT2D eigenvalue weighted by atomic mass is 16.1. The Morgan fingerprint density at radius 1 is 1.58 bits per heavy atom. The summed E-state index contributed by atoms with van der Waals surface area (Å²) in [5.41, 5.74) is 0.237. The third-order valence-corrected chi connectivity index (χ3v) is 2.62. The minimum atomic E-state index is 0.223. The van der Waals surface area contributed by atoms with Gasteiger partial charge in [0.1, 0.15) is 0 Å². The molecule has 1 saturated heterocycles. The predicted molar refractivity (Wildman–Crippen MR) is 49.8 cm³/mol. The molecule has 1 aliphatic rings. The maximum atomic E-state index is 11.0. The molecule has 12 heavy (non-hydrogen) atoms. The van der Waals surface area contributed by atoms with Gasteiger partial charge in [-0.05, 0) is 17.8 Å². The molecule has 1 N–H and O–H groups in total. The summed E-state index contributed by atoms with van der Waals surface area (Å²) in [7, 11) is 0. The van der Waals surface area contributed by atoms with Crippen molar-refractivity contribution in [1.29, 1.82) is 0 Å². The molecule has 1 atom stereocenters. The van der Waals surface area contributed by atoms with Crippen molar-refractivity contribution in [3.8, 4) is 0 Å². The van der Waals surface area contributed by atoms with E-state index >= 15 is 0 Å². The Morgan fingerprint density at radius 2 is 2.25 bits per heavy atom. The monoisotopic (exact) mass is 169 g/mol. The summed E-state index contributed by atoms with van der Waals surface area (Å²) >= 11 is 0. The predicted octanol–water partition coefficient (Wildman–Crippen LogP) is 1.95. The van der Waals surface area contributed by atoms with Gasteiger partial charge in [-0.15, -0.1) is 0 Å². The van der Waals surface area contributed by atoms with Crippen LogP contribution in [0.3, 0.4) is 0 Å². The van der Waals surface area contributed by atoms with Crippen LogP contribution in [0.4, 0.5) is 0 Å². The van der Waals surface area contributed by atoms with Crippen molar-refractivity contribution in [3.63, 3.8) is 0 Å². The van der Waals surface area contributed by atoms with Gasteiger partial charge in [-0.1, -0.05) is 27.2 Å². The highest BCUT2D eigenvalue weighted by molar-refractivity contribution is 5.79. The minimum Gasteiger partial charge on any atom is -0.356 e. The van der Waals surface area contributed by atoms with Gasteiger partial charge in [-0.25, -0.2) is 0 Å². The standard InChI is InChI=1S/C10H19NO/c1-8(2)4-5-10(3)6-9(12)11-7-10/h8H,4-7H2,1-3H3,(H,11,12). The molecule has 0 aliphatic carbocycles. The Bertz CT molecular complexity index is 177. The van der Waals surface area contributed by atoms with E-state index in [0.717, 1.165) is 18.9 Å². The second-order valence-electron chi connectivity index (χ2n) is 4.70. The van der Waals surface area contributed by atoms with Gasteiger partial charge in [-0.2, -0.15) is 0 Å². The van der Waals surface area contributed by atoms with E-state index in [0.29, 0.717) is 0 Å². The molecule has 1 amide bonds. The van der Waals surface area contributed by atoms with E-state index in [9.17, 15) is 4.79 Å². The Hall–Kier alpha value is -0.530. The topological polar surface area (TPSA) is 29.1 Å². The van der Waals surface area contributed by atoms with Crippen molar-refractivity contribution in [2.45, 2.75) is 40.0 Å². The van der Waals surface area contributed by atoms with E-state index in [1.807, 2.05) is 0 Å². The van der Waals surface area contributed by atoms with Crippen LogP contribution in [0.15, 0.2) is 0 Å². The molecule has 1 rings (SSSR count). The summed E-state index contributed by atoms with van der Waals surface area (Å²) in [6.45, 7) is 7.53. The van der Waals surface area contributed by atoms with Crippen molar-refractivity contribution >= 4 is 5.91 Å². The highest BCUT2D eigenvalue weighted by Crippen LogP contribution is 2.31. The lowest BCUT2D eigenvalue weighted by atomic mass is 9.83. The quantitative estimate of drug-likeness (QED) is 0.687. The maximum Gasteiger partial charge on any atom is 0.220 e. The first-order valence-corrected chi connectivity index (χ1v) is 4.78. The Balaban J connectivity index is 2.35. The zero-order valence-electron chi connectivity index (χ0n) is 8.31. The number of carbonyl (C=O) groups excluding carboxylic acids is 1. The summed E-state index contributed by atoms with van der Waals surface area (Å²) in [6.07, 6.45) is 3.12. The number of amides is 1. The molecule has 1 unspecified atom stereocenters. The molecule has 2 heteroatoms. The van der Waals surface area contributed by atoms with E-state index in [-0.39, 0.29) is 11.3 Å². The van der Waals surface area contributed by atoms with E-state index in [4.69, 9.17) is 0 Å². The molecule has 0 spiro atoms. The lowest BCUT2D eigenvalue weighted by Crippen LogP contribution is -2.20. The van der Waals surface area contributed by atoms with Crippen LogP contribution < -0.4 is 5.32 Å². The summed E-state index contributed by atoms with van der Waals surface area (Å²) in [6, 6.07) is 0.